The number of carbonyl (C=O) groups excluding carboxylic acids is 2. The number of anilines is 1. The van der Waals surface area contributed by atoms with Gasteiger partial charge in [0.05, 0.1) is 0 Å². The molecule has 0 radical (unpaired) electrons. The van der Waals surface area contributed by atoms with Crippen molar-refractivity contribution in [2.75, 3.05) is 31.9 Å². The Morgan fingerprint density at radius 2 is 1.80 bits per heavy atom. The number of hydrogen-bond acceptors (Lipinski definition) is 7. The summed E-state index contributed by atoms with van der Waals surface area (Å²) >= 11 is 0. The van der Waals surface area contributed by atoms with Crippen LogP contribution in [-0.2, 0) is 11.3 Å². The molecule has 1 aromatic heterocycles. The fourth-order valence-corrected chi connectivity index (χ4v) is 2.61. The molecular weight excluding hydrogens is 326 g/mol. The summed E-state index contributed by atoms with van der Waals surface area (Å²) in [5, 5.41) is 6.94. The van der Waals surface area contributed by atoms with E-state index in [2.05, 4.69) is 14.9 Å². The van der Waals surface area contributed by atoms with Gasteiger partial charge >= 0.3 is 6.09 Å². The standard InChI is InChI=1S/C16H19N5O4/c17-14-13(18-25-19-14)15(22)20-7-4-8-21(10-9-20)16(23)24-11-12-5-2-1-3-6-12/h1-3,5-6H,4,7-11H2,(H2,17,19). The van der Waals surface area contributed by atoms with E-state index in [1.807, 2.05) is 30.3 Å². The second kappa shape index (κ2) is 7.65. The molecule has 2 N–H and O–H groups in total. The van der Waals surface area contributed by atoms with Crippen molar-refractivity contribution in [2.24, 2.45) is 0 Å². The highest BCUT2D eigenvalue weighted by Crippen LogP contribution is 2.12. The van der Waals surface area contributed by atoms with Crippen molar-refractivity contribution in [3.8, 4) is 0 Å². The van der Waals surface area contributed by atoms with Crippen LogP contribution >= 0.6 is 0 Å². The number of amides is 2. The molecule has 0 aliphatic carbocycles. The lowest BCUT2D eigenvalue weighted by Gasteiger charge is -2.21. The number of ether oxygens (including phenoxy) is 1. The molecule has 2 heterocycles. The quantitative estimate of drug-likeness (QED) is 0.887. The van der Waals surface area contributed by atoms with Gasteiger partial charge in [0.25, 0.3) is 5.91 Å². The van der Waals surface area contributed by atoms with Crippen molar-refractivity contribution in [3.63, 3.8) is 0 Å². The fourth-order valence-electron chi connectivity index (χ4n) is 2.61. The molecule has 1 saturated heterocycles. The van der Waals surface area contributed by atoms with Crippen molar-refractivity contribution in [3.05, 3.63) is 41.6 Å². The second-order valence-electron chi connectivity index (χ2n) is 5.67. The summed E-state index contributed by atoms with van der Waals surface area (Å²) in [6.45, 7) is 1.98. The summed E-state index contributed by atoms with van der Waals surface area (Å²) in [4.78, 5) is 27.8. The summed E-state index contributed by atoms with van der Waals surface area (Å²) in [6, 6.07) is 9.48. The maximum atomic E-state index is 12.4. The van der Waals surface area contributed by atoms with Gasteiger partial charge in [0.15, 0.2) is 0 Å². The fraction of sp³-hybridized carbons (Fsp3) is 0.375. The van der Waals surface area contributed by atoms with Gasteiger partial charge in [0, 0.05) is 26.2 Å². The minimum atomic E-state index is -0.388. The Labute approximate surface area is 144 Å². The predicted molar refractivity (Wildman–Crippen MR) is 87.4 cm³/mol. The van der Waals surface area contributed by atoms with Gasteiger partial charge in [-0.1, -0.05) is 30.3 Å². The third kappa shape index (κ3) is 4.06. The number of nitrogens with two attached hydrogens (primary N) is 1. The van der Waals surface area contributed by atoms with E-state index < -0.39 is 0 Å². The van der Waals surface area contributed by atoms with Gasteiger partial charge in [0.2, 0.25) is 11.5 Å². The minimum Gasteiger partial charge on any atom is -0.445 e. The van der Waals surface area contributed by atoms with Gasteiger partial charge in [-0.2, -0.15) is 0 Å². The molecule has 0 saturated carbocycles. The summed E-state index contributed by atoms with van der Waals surface area (Å²) in [7, 11) is 0. The largest absolute Gasteiger partial charge is 0.445 e. The third-order valence-corrected chi connectivity index (χ3v) is 3.96. The van der Waals surface area contributed by atoms with E-state index >= 15 is 0 Å². The molecule has 132 valence electrons. The van der Waals surface area contributed by atoms with E-state index in [-0.39, 0.29) is 30.1 Å². The molecule has 9 nitrogen and oxygen atoms in total. The Morgan fingerprint density at radius 3 is 2.52 bits per heavy atom. The molecule has 1 aliphatic rings. The molecule has 3 rings (SSSR count). The van der Waals surface area contributed by atoms with E-state index in [1.54, 1.807) is 9.80 Å². The molecule has 0 bridgehead atoms. The summed E-state index contributed by atoms with van der Waals surface area (Å²) in [5.74, 6) is -0.383. The monoisotopic (exact) mass is 345 g/mol. The summed E-state index contributed by atoms with van der Waals surface area (Å²) in [5.41, 5.74) is 6.49. The van der Waals surface area contributed by atoms with Crippen LogP contribution in [0.4, 0.5) is 10.6 Å². The van der Waals surface area contributed by atoms with Gasteiger partial charge in [-0.15, -0.1) is 0 Å². The van der Waals surface area contributed by atoms with Gasteiger partial charge in [0.1, 0.15) is 6.61 Å². The minimum absolute atomic E-state index is 0.0000964. The molecule has 2 aromatic rings. The van der Waals surface area contributed by atoms with Crippen molar-refractivity contribution < 1.29 is 19.0 Å². The lowest BCUT2D eigenvalue weighted by Crippen LogP contribution is -2.37. The normalized spacial score (nSPS) is 14.9. The number of benzene rings is 1. The topological polar surface area (TPSA) is 115 Å². The van der Waals surface area contributed by atoms with Crippen molar-refractivity contribution in [2.45, 2.75) is 13.0 Å². The van der Waals surface area contributed by atoms with Crippen LogP contribution in [0.15, 0.2) is 35.0 Å². The second-order valence-corrected chi connectivity index (χ2v) is 5.67. The molecule has 0 atom stereocenters. The number of carbonyl (C=O) groups is 2. The Morgan fingerprint density at radius 1 is 1.08 bits per heavy atom. The lowest BCUT2D eigenvalue weighted by atomic mass is 10.2. The first-order valence-electron chi connectivity index (χ1n) is 7.98. The SMILES string of the molecule is Nc1nonc1C(=O)N1CCCN(C(=O)OCc2ccccc2)CC1. The van der Waals surface area contributed by atoms with Crippen LogP contribution in [0.3, 0.4) is 0 Å². The molecule has 25 heavy (non-hydrogen) atoms. The van der Waals surface area contributed by atoms with E-state index in [0.29, 0.717) is 32.6 Å². The highest BCUT2D eigenvalue weighted by Gasteiger charge is 2.26. The van der Waals surface area contributed by atoms with E-state index in [9.17, 15) is 9.59 Å². The first-order valence-corrected chi connectivity index (χ1v) is 7.98. The van der Waals surface area contributed by atoms with E-state index in [4.69, 9.17) is 10.5 Å². The zero-order valence-electron chi connectivity index (χ0n) is 13.6. The highest BCUT2D eigenvalue weighted by molar-refractivity contribution is 5.96. The van der Waals surface area contributed by atoms with Crippen molar-refractivity contribution in [1.82, 2.24) is 20.1 Å². The maximum Gasteiger partial charge on any atom is 0.410 e. The molecule has 0 unspecified atom stereocenters. The molecule has 2 amide bonds. The Balaban J connectivity index is 1.53. The van der Waals surface area contributed by atoms with Crippen LogP contribution in [0.1, 0.15) is 22.5 Å². The van der Waals surface area contributed by atoms with Crippen LogP contribution in [-0.4, -0.2) is 58.3 Å². The van der Waals surface area contributed by atoms with E-state index in [1.165, 1.54) is 0 Å². The first kappa shape index (κ1) is 16.7. The zero-order valence-corrected chi connectivity index (χ0v) is 13.6. The first-order chi connectivity index (χ1) is 12.1. The molecule has 1 aliphatic heterocycles. The molecular formula is C16H19N5O4. The van der Waals surface area contributed by atoms with Gasteiger partial charge in [-0.05, 0) is 22.3 Å². The van der Waals surface area contributed by atoms with Gasteiger partial charge in [-0.25, -0.2) is 9.42 Å². The van der Waals surface area contributed by atoms with Crippen LogP contribution in [0.2, 0.25) is 0 Å². The molecule has 9 heteroatoms. The van der Waals surface area contributed by atoms with Crippen LogP contribution in [0.5, 0.6) is 0 Å². The predicted octanol–water partition coefficient (Wildman–Crippen LogP) is 1.14. The Hall–Kier alpha value is -3.10. The number of rotatable bonds is 3. The lowest BCUT2D eigenvalue weighted by molar-refractivity contribution is 0.0739. The van der Waals surface area contributed by atoms with Gasteiger partial charge < -0.3 is 20.3 Å². The average Bonchev–Trinajstić information content (AvgIpc) is 2.92. The number of hydrogen-bond donors (Lipinski definition) is 1. The molecule has 1 fully saturated rings. The number of nitrogen functional groups attached to an aromatic ring is 1. The molecule has 1 aromatic carbocycles. The van der Waals surface area contributed by atoms with Gasteiger partial charge in [-0.3, -0.25) is 4.79 Å². The number of aromatic nitrogens is 2. The summed E-state index contributed by atoms with van der Waals surface area (Å²) < 4.78 is 9.80. The summed E-state index contributed by atoms with van der Waals surface area (Å²) in [6.07, 6.45) is 0.248. The Kier molecular flexibility index (Phi) is 5.12. The molecule has 0 spiro atoms. The Bertz CT molecular complexity index is 733. The van der Waals surface area contributed by atoms with Crippen LogP contribution < -0.4 is 5.73 Å². The van der Waals surface area contributed by atoms with Crippen LogP contribution in [0, 0.1) is 0 Å². The van der Waals surface area contributed by atoms with E-state index in [0.717, 1.165) is 5.56 Å². The highest BCUT2D eigenvalue weighted by atomic mass is 16.6. The van der Waals surface area contributed by atoms with Crippen molar-refractivity contribution in [1.29, 1.82) is 0 Å². The third-order valence-electron chi connectivity index (χ3n) is 3.96. The van der Waals surface area contributed by atoms with Crippen LogP contribution in [0.25, 0.3) is 0 Å². The van der Waals surface area contributed by atoms with Crippen molar-refractivity contribution >= 4 is 17.8 Å². The maximum absolute atomic E-state index is 12.4. The average molecular weight is 345 g/mol. The zero-order chi connectivity index (χ0) is 17.6. The number of nitrogens with zero attached hydrogens (tertiary/aromatic N) is 4. The smallest absolute Gasteiger partial charge is 0.410 e.